The Morgan fingerprint density at radius 1 is 1.07 bits per heavy atom. The maximum atomic E-state index is 15.1. The normalized spacial score (nSPS) is 15.8. The van der Waals surface area contributed by atoms with E-state index in [0.717, 1.165) is 15.6 Å². The zero-order chi connectivity index (χ0) is 31.8. The molecule has 0 aliphatic carbocycles. The first-order valence-corrected chi connectivity index (χ1v) is 17.6. The molecule has 2 aromatic carbocycles. The lowest BCUT2D eigenvalue weighted by Crippen LogP contribution is -2.28. The molecule has 234 valence electrons. The first kappa shape index (κ1) is 31.3. The minimum Gasteiger partial charge on any atom is -0.359 e. The van der Waals surface area contributed by atoms with E-state index in [1.165, 1.54) is 23.0 Å². The van der Waals surface area contributed by atoms with Gasteiger partial charge in [0.2, 0.25) is 17.8 Å². The van der Waals surface area contributed by atoms with Crippen molar-refractivity contribution in [2.24, 2.45) is 13.0 Å². The monoisotopic (exact) mass is 633 g/mol. The zero-order valence-electron chi connectivity index (χ0n) is 24.6. The third kappa shape index (κ3) is 6.99. The summed E-state index contributed by atoms with van der Waals surface area (Å²) in [4.78, 5) is 17.7. The fourth-order valence-corrected chi connectivity index (χ4v) is 5.45. The maximum absolute atomic E-state index is 15.1. The van der Waals surface area contributed by atoms with Crippen LogP contribution in [-0.4, -0.2) is 57.9 Å². The van der Waals surface area contributed by atoms with Gasteiger partial charge < -0.3 is 15.0 Å². The van der Waals surface area contributed by atoms with E-state index in [1.807, 2.05) is 0 Å². The van der Waals surface area contributed by atoms with Crippen LogP contribution in [0.15, 0.2) is 48.7 Å². The van der Waals surface area contributed by atoms with Crippen molar-refractivity contribution < 1.29 is 31.5 Å². The minimum atomic E-state index is -4.43. The molecule has 1 aliphatic rings. The summed E-state index contributed by atoms with van der Waals surface area (Å²) in [7, 11) is 0.345. The summed E-state index contributed by atoms with van der Waals surface area (Å²) >= 11 is 0. The Morgan fingerprint density at radius 2 is 1.80 bits per heavy atom. The third-order valence-electron chi connectivity index (χ3n) is 7.29. The number of benzene rings is 2. The molecule has 1 unspecified atom stereocenters. The Bertz CT molecular complexity index is 1650. The lowest BCUT2D eigenvalue weighted by Gasteiger charge is -2.18. The van der Waals surface area contributed by atoms with Crippen molar-refractivity contribution in [3.05, 3.63) is 60.4 Å². The number of anilines is 3. The van der Waals surface area contributed by atoms with Crippen molar-refractivity contribution in [3.63, 3.8) is 0 Å². The molecule has 1 N–H and O–H groups in total. The second kappa shape index (κ2) is 12.1. The fourth-order valence-electron chi connectivity index (χ4n) is 4.69. The van der Waals surface area contributed by atoms with Crippen molar-refractivity contribution >= 4 is 31.3 Å². The van der Waals surface area contributed by atoms with Gasteiger partial charge in [0.05, 0.1) is 17.7 Å². The van der Waals surface area contributed by atoms with Crippen LogP contribution in [0.25, 0.3) is 22.5 Å². The molecular weight excluding hydrogens is 601 g/mol. The molecule has 1 saturated heterocycles. The van der Waals surface area contributed by atoms with Gasteiger partial charge in [-0.1, -0.05) is 19.6 Å². The van der Waals surface area contributed by atoms with Crippen LogP contribution in [0, 0.1) is 17.7 Å². The summed E-state index contributed by atoms with van der Waals surface area (Å²) in [6, 6.07) is 11.5. The molecular formula is C29H32F5N7O2Si. The number of aromatic nitrogens is 5. The predicted octanol–water partition coefficient (Wildman–Crippen LogP) is 6.59. The predicted molar refractivity (Wildman–Crippen MR) is 158 cm³/mol. The second-order valence-corrected chi connectivity index (χ2v) is 17.5. The molecule has 3 heterocycles. The van der Waals surface area contributed by atoms with Gasteiger partial charge in [-0.05, 0) is 48.5 Å². The van der Waals surface area contributed by atoms with Crippen LogP contribution in [0.5, 0.6) is 0 Å². The van der Waals surface area contributed by atoms with Crippen molar-refractivity contribution in [1.82, 2.24) is 24.5 Å². The number of nitrogens with zero attached hydrogens (tertiary/aromatic N) is 6. The van der Waals surface area contributed by atoms with Crippen molar-refractivity contribution in [3.8, 4) is 22.5 Å². The Hall–Kier alpha value is -4.11. The number of rotatable bonds is 10. The second-order valence-electron chi connectivity index (χ2n) is 11.9. The topological polar surface area (TPSA) is 90.1 Å². The Morgan fingerprint density at radius 3 is 2.43 bits per heavy atom. The molecule has 0 saturated carbocycles. The van der Waals surface area contributed by atoms with Crippen molar-refractivity contribution in [2.45, 2.75) is 45.0 Å². The highest BCUT2D eigenvalue weighted by atomic mass is 28.3. The molecule has 4 aromatic rings. The quantitative estimate of drug-likeness (QED) is 0.120. The highest BCUT2D eigenvalue weighted by Crippen LogP contribution is 2.36. The van der Waals surface area contributed by atoms with Crippen LogP contribution < -0.4 is 10.2 Å². The number of hydrogen-bond acceptors (Lipinski definition) is 6. The number of aryl methyl sites for hydroxylation is 1. The highest BCUT2D eigenvalue weighted by molar-refractivity contribution is 6.76. The number of carbonyl (C=O) groups is 1. The number of alkyl halides is 3. The summed E-state index contributed by atoms with van der Waals surface area (Å²) in [5, 5.41) is 11.4. The molecule has 1 aliphatic heterocycles. The van der Waals surface area contributed by atoms with E-state index in [2.05, 4.69) is 40.1 Å². The van der Waals surface area contributed by atoms with E-state index in [1.54, 1.807) is 37.4 Å². The lowest BCUT2D eigenvalue weighted by atomic mass is 10.1. The lowest BCUT2D eigenvalue weighted by molar-refractivity contribution is -0.169. The number of hydrogen-bond donors (Lipinski definition) is 1. The molecule has 2 aromatic heterocycles. The van der Waals surface area contributed by atoms with E-state index in [9.17, 15) is 22.4 Å². The number of carbonyl (C=O) groups excluding carboxylic acids is 1. The largest absolute Gasteiger partial charge is 0.394 e. The molecule has 0 bridgehead atoms. The van der Waals surface area contributed by atoms with Crippen molar-refractivity contribution in [2.75, 3.05) is 23.4 Å². The van der Waals surface area contributed by atoms with Crippen LogP contribution in [0.4, 0.5) is 39.3 Å². The Balaban J connectivity index is 1.25. The smallest absolute Gasteiger partial charge is 0.359 e. The molecule has 1 atom stereocenters. The highest BCUT2D eigenvalue weighted by Gasteiger charge is 2.47. The third-order valence-corrected chi connectivity index (χ3v) is 8.99. The van der Waals surface area contributed by atoms with Crippen LogP contribution in [0.3, 0.4) is 0 Å². The first-order chi connectivity index (χ1) is 20.7. The Kier molecular flexibility index (Phi) is 8.62. The fraction of sp³-hybridized carbons (Fsp3) is 0.379. The van der Waals surface area contributed by atoms with Crippen molar-refractivity contribution in [1.29, 1.82) is 0 Å². The van der Waals surface area contributed by atoms with E-state index < -0.39 is 50.8 Å². The standard InChI is InChI=1S/C29H32F5N7O2Si/c1-39-28(37-27(38-39)18-5-8-21(9-6-18)40-16-19(13-25(40)42)29(32,33)34)36-20-7-10-22(24(30)14-20)23-15-35-41(26(23)31)17-43-11-12-44(2,3)4/h5-10,14-15,19H,11-13,16-17H2,1-4H3,(H,36,37,38). The van der Waals surface area contributed by atoms with Gasteiger partial charge in [0.15, 0.2) is 5.82 Å². The molecule has 44 heavy (non-hydrogen) atoms. The number of nitrogens with one attached hydrogen (secondary N) is 1. The van der Waals surface area contributed by atoms with Gasteiger partial charge in [0, 0.05) is 57.2 Å². The van der Waals surface area contributed by atoms with Gasteiger partial charge >= 0.3 is 6.18 Å². The average Bonchev–Trinajstić information content (AvgIpc) is 3.63. The summed E-state index contributed by atoms with van der Waals surface area (Å²) in [5.41, 5.74) is 1.31. The van der Waals surface area contributed by atoms with E-state index in [0.29, 0.717) is 29.4 Å². The first-order valence-electron chi connectivity index (χ1n) is 13.9. The zero-order valence-corrected chi connectivity index (χ0v) is 25.6. The molecule has 15 heteroatoms. The summed E-state index contributed by atoms with van der Waals surface area (Å²) < 4.78 is 77.4. The van der Waals surface area contributed by atoms with Gasteiger partial charge in [0.1, 0.15) is 12.5 Å². The van der Waals surface area contributed by atoms with Crippen LogP contribution in [-0.2, 0) is 23.3 Å². The molecule has 1 fully saturated rings. The number of ether oxygens (including phenoxy) is 1. The summed E-state index contributed by atoms with van der Waals surface area (Å²) in [6.07, 6.45) is -3.75. The van der Waals surface area contributed by atoms with Gasteiger partial charge in [-0.2, -0.15) is 27.6 Å². The number of halogens is 5. The average molecular weight is 634 g/mol. The van der Waals surface area contributed by atoms with Gasteiger partial charge in [-0.15, -0.1) is 5.10 Å². The molecule has 0 radical (unpaired) electrons. The Labute approximate surface area is 251 Å². The maximum Gasteiger partial charge on any atom is 0.394 e. The van der Waals surface area contributed by atoms with Crippen LogP contribution >= 0.6 is 0 Å². The van der Waals surface area contributed by atoms with Gasteiger partial charge in [0.25, 0.3) is 0 Å². The summed E-state index contributed by atoms with van der Waals surface area (Å²) in [6.45, 7) is 6.66. The molecule has 9 nitrogen and oxygen atoms in total. The SMILES string of the molecule is Cn1nc(-c2ccc(N3CC(C(F)(F)F)CC3=O)cc2)nc1Nc1ccc(-c2cnn(COCC[Si](C)(C)C)c2F)c(F)c1. The minimum absolute atomic E-state index is 0.0109. The van der Waals surface area contributed by atoms with Crippen LogP contribution in [0.2, 0.25) is 25.7 Å². The van der Waals surface area contributed by atoms with Gasteiger partial charge in [-0.25, -0.2) is 13.8 Å². The molecule has 1 amide bonds. The molecule has 5 rings (SSSR count). The van der Waals surface area contributed by atoms with E-state index >= 15 is 4.39 Å². The summed E-state index contributed by atoms with van der Waals surface area (Å²) in [5.74, 6) is -3.06. The number of amides is 1. The van der Waals surface area contributed by atoms with Crippen LogP contribution in [0.1, 0.15) is 6.42 Å². The van der Waals surface area contributed by atoms with E-state index in [4.69, 9.17) is 4.74 Å². The van der Waals surface area contributed by atoms with E-state index in [-0.39, 0.29) is 23.8 Å². The van der Waals surface area contributed by atoms with Gasteiger partial charge in [-0.3, -0.25) is 4.79 Å². The molecule has 0 spiro atoms.